The van der Waals surface area contributed by atoms with Gasteiger partial charge in [0.25, 0.3) is 0 Å². The Morgan fingerprint density at radius 1 is 1.64 bits per heavy atom. The summed E-state index contributed by atoms with van der Waals surface area (Å²) in [5, 5.41) is 13.3. The van der Waals surface area contributed by atoms with Gasteiger partial charge in [-0.1, -0.05) is 13.8 Å². The number of Topliss-reactive ketones (excluding diaryl/α,β-unsaturated/α-hetero) is 1. The first-order valence-corrected chi connectivity index (χ1v) is 5.39. The summed E-state index contributed by atoms with van der Waals surface area (Å²) < 4.78 is 0. The van der Waals surface area contributed by atoms with Crippen LogP contribution in [-0.2, 0) is 4.79 Å². The summed E-state index contributed by atoms with van der Waals surface area (Å²) in [4.78, 5) is 11.5. The van der Waals surface area contributed by atoms with Crippen LogP contribution in [0.2, 0.25) is 0 Å². The van der Waals surface area contributed by atoms with Gasteiger partial charge in [0.15, 0.2) is 0 Å². The Kier molecular flexibility index (Phi) is 3.67. The molecule has 2 unspecified atom stereocenters. The molecule has 2 N–H and O–H groups in total. The van der Waals surface area contributed by atoms with Crippen LogP contribution in [0.15, 0.2) is 0 Å². The highest BCUT2D eigenvalue weighted by Gasteiger charge is 2.32. The van der Waals surface area contributed by atoms with E-state index in [9.17, 15) is 9.90 Å². The van der Waals surface area contributed by atoms with E-state index in [2.05, 4.69) is 5.32 Å². The predicted molar refractivity (Wildman–Crippen MR) is 56.1 cm³/mol. The third-order valence-electron chi connectivity index (χ3n) is 3.30. The van der Waals surface area contributed by atoms with E-state index in [1.165, 1.54) is 0 Å². The van der Waals surface area contributed by atoms with Gasteiger partial charge in [0.1, 0.15) is 5.78 Å². The molecule has 0 bridgehead atoms. The largest absolute Gasteiger partial charge is 0.390 e. The Bertz CT molecular complexity index is 211. The topological polar surface area (TPSA) is 49.3 Å². The fourth-order valence-corrected chi connectivity index (χ4v) is 1.73. The monoisotopic (exact) mass is 199 g/mol. The van der Waals surface area contributed by atoms with Gasteiger partial charge in [-0.25, -0.2) is 0 Å². The number of piperidine rings is 1. The van der Waals surface area contributed by atoms with Gasteiger partial charge < -0.3 is 10.4 Å². The maximum absolute atomic E-state index is 11.5. The molecule has 2 atom stereocenters. The molecule has 14 heavy (non-hydrogen) atoms. The van der Waals surface area contributed by atoms with Crippen molar-refractivity contribution < 1.29 is 9.90 Å². The minimum atomic E-state index is -0.723. The summed E-state index contributed by atoms with van der Waals surface area (Å²) in [6.07, 6.45) is 1.19. The van der Waals surface area contributed by atoms with Crippen LogP contribution in [0.1, 0.15) is 33.6 Å². The summed E-state index contributed by atoms with van der Waals surface area (Å²) >= 11 is 0. The molecule has 0 aromatic carbocycles. The number of carbonyl (C=O) groups is 1. The van der Waals surface area contributed by atoms with Crippen molar-refractivity contribution in [1.82, 2.24) is 5.32 Å². The van der Waals surface area contributed by atoms with E-state index in [-0.39, 0.29) is 11.8 Å². The van der Waals surface area contributed by atoms with E-state index >= 15 is 0 Å². The van der Waals surface area contributed by atoms with Crippen LogP contribution in [0.4, 0.5) is 0 Å². The molecule has 1 aliphatic heterocycles. The van der Waals surface area contributed by atoms with Crippen LogP contribution in [-0.4, -0.2) is 29.6 Å². The lowest BCUT2D eigenvalue weighted by atomic mass is 9.80. The van der Waals surface area contributed by atoms with E-state index in [0.29, 0.717) is 18.6 Å². The molecule has 1 saturated heterocycles. The SMILES string of the molecule is CC(C)C(C)(O)CC1CNCCC1=O. The molecule has 1 fully saturated rings. The third kappa shape index (κ3) is 2.79. The molecule has 0 amide bonds. The molecule has 0 saturated carbocycles. The van der Waals surface area contributed by atoms with Crippen LogP contribution in [0, 0.1) is 11.8 Å². The normalized spacial score (nSPS) is 27.8. The molecule has 0 aliphatic carbocycles. The summed E-state index contributed by atoms with van der Waals surface area (Å²) in [6, 6.07) is 0. The lowest BCUT2D eigenvalue weighted by Gasteiger charge is -2.33. The van der Waals surface area contributed by atoms with Crippen LogP contribution >= 0.6 is 0 Å². The van der Waals surface area contributed by atoms with Gasteiger partial charge in [-0.15, -0.1) is 0 Å². The molecule has 0 radical (unpaired) electrons. The lowest BCUT2D eigenvalue weighted by Crippen LogP contribution is -2.43. The van der Waals surface area contributed by atoms with Crippen LogP contribution in [0.3, 0.4) is 0 Å². The van der Waals surface area contributed by atoms with Gasteiger partial charge >= 0.3 is 0 Å². The van der Waals surface area contributed by atoms with Crippen molar-refractivity contribution in [1.29, 1.82) is 0 Å². The maximum Gasteiger partial charge on any atom is 0.138 e. The van der Waals surface area contributed by atoms with Crippen LogP contribution in [0.25, 0.3) is 0 Å². The Morgan fingerprint density at radius 3 is 2.79 bits per heavy atom. The van der Waals surface area contributed by atoms with Gasteiger partial charge in [0.2, 0.25) is 0 Å². The van der Waals surface area contributed by atoms with Crippen molar-refractivity contribution >= 4 is 5.78 Å². The van der Waals surface area contributed by atoms with Gasteiger partial charge in [-0.3, -0.25) is 4.79 Å². The Morgan fingerprint density at radius 2 is 2.29 bits per heavy atom. The van der Waals surface area contributed by atoms with Gasteiger partial charge in [0, 0.05) is 25.4 Å². The average molecular weight is 199 g/mol. The minimum Gasteiger partial charge on any atom is -0.390 e. The van der Waals surface area contributed by atoms with Crippen molar-refractivity contribution in [3.63, 3.8) is 0 Å². The molecule has 3 nitrogen and oxygen atoms in total. The number of rotatable bonds is 3. The number of hydrogen-bond acceptors (Lipinski definition) is 3. The molecule has 1 aliphatic rings. The Hall–Kier alpha value is -0.410. The van der Waals surface area contributed by atoms with Crippen molar-refractivity contribution in [2.45, 2.75) is 39.2 Å². The fourth-order valence-electron chi connectivity index (χ4n) is 1.73. The van der Waals surface area contributed by atoms with E-state index in [1.807, 2.05) is 20.8 Å². The van der Waals surface area contributed by atoms with Crippen LogP contribution < -0.4 is 5.32 Å². The molecule has 0 aromatic rings. The van der Waals surface area contributed by atoms with E-state index in [4.69, 9.17) is 0 Å². The number of hydrogen-bond donors (Lipinski definition) is 2. The zero-order valence-electron chi connectivity index (χ0n) is 9.34. The highest BCUT2D eigenvalue weighted by atomic mass is 16.3. The summed E-state index contributed by atoms with van der Waals surface area (Å²) in [6.45, 7) is 7.31. The highest BCUT2D eigenvalue weighted by molar-refractivity contribution is 5.82. The first-order valence-electron chi connectivity index (χ1n) is 5.39. The molecule has 0 aromatic heterocycles. The first-order chi connectivity index (χ1) is 6.43. The summed E-state index contributed by atoms with van der Waals surface area (Å²) in [5.41, 5.74) is -0.723. The predicted octanol–water partition coefficient (Wildman–Crippen LogP) is 0.962. The smallest absolute Gasteiger partial charge is 0.138 e. The number of nitrogens with one attached hydrogen (secondary N) is 1. The molecule has 82 valence electrons. The van der Waals surface area contributed by atoms with E-state index in [1.54, 1.807) is 0 Å². The molecule has 1 heterocycles. The second kappa shape index (κ2) is 4.41. The first kappa shape index (κ1) is 11.7. The van der Waals surface area contributed by atoms with Crippen molar-refractivity contribution in [2.24, 2.45) is 11.8 Å². The van der Waals surface area contributed by atoms with E-state index < -0.39 is 5.60 Å². The number of ketones is 1. The lowest BCUT2D eigenvalue weighted by molar-refractivity contribution is -0.127. The fraction of sp³-hybridized carbons (Fsp3) is 0.909. The van der Waals surface area contributed by atoms with Crippen LogP contribution in [0.5, 0.6) is 0 Å². The standard InChI is InChI=1S/C11H21NO2/c1-8(2)11(3,14)6-9-7-12-5-4-10(9)13/h8-9,12,14H,4-7H2,1-3H3. The highest BCUT2D eigenvalue weighted by Crippen LogP contribution is 2.26. The molecule has 3 heteroatoms. The zero-order chi connectivity index (χ0) is 10.8. The summed E-state index contributed by atoms with van der Waals surface area (Å²) in [7, 11) is 0. The van der Waals surface area contributed by atoms with Gasteiger partial charge in [0.05, 0.1) is 5.60 Å². The van der Waals surface area contributed by atoms with Crippen molar-refractivity contribution in [3.8, 4) is 0 Å². The maximum atomic E-state index is 11.5. The van der Waals surface area contributed by atoms with Crippen molar-refractivity contribution in [2.75, 3.05) is 13.1 Å². The average Bonchev–Trinajstić information content (AvgIpc) is 2.08. The molecule has 0 spiro atoms. The third-order valence-corrected chi connectivity index (χ3v) is 3.30. The molecule has 1 rings (SSSR count). The second-order valence-electron chi connectivity index (χ2n) is 4.83. The Labute approximate surface area is 85.9 Å². The minimum absolute atomic E-state index is 0.00106. The Balaban J connectivity index is 2.53. The number of carbonyl (C=O) groups excluding carboxylic acids is 1. The van der Waals surface area contributed by atoms with Gasteiger partial charge in [-0.2, -0.15) is 0 Å². The summed E-state index contributed by atoms with van der Waals surface area (Å²) in [5.74, 6) is 0.489. The number of aliphatic hydroxyl groups is 1. The molecular formula is C11H21NO2. The second-order valence-corrected chi connectivity index (χ2v) is 4.83. The molecular weight excluding hydrogens is 178 g/mol. The quantitative estimate of drug-likeness (QED) is 0.712. The van der Waals surface area contributed by atoms with Gasteiger partial charge in [-0.05, 0) is 19.3 Å². The van der Waals surface area contributed by atoms with E-state index in [0.717, 1.165) is 13.1 Å². The van der Waals surface area contributed by atoms with Crippen molar-refractivity contribution in [3.05, 3.63) is 0 Å². The zero-order valence-corrected chi connectivity index (χ0v) is 9.34.